The largest absolute Gasteiger partial charge is 0.353 e. The van der Waals surface area contributed by atoms with E-state index in [-0.39, 0.29) is 0 Å². The fraction of sp³-hybridized carbons (Fsp3) is 0.375. The van der Waals surface area contributed by atoms with E-state index < -0.39 is 0 Å². The highest BCUT2D eigenvalue weighted by Crippen LogP contribution is 2.25. The Morgan fingerprint density at radius 2 is 2.00 bits per heavy atom. The highest BCUT2D eigenvalue weighted by molar-refractivity contribution is 6.31. The molecule has 1 fully saturated rings. The zero-order valence-electron chi connectivity index (χ0n) is 12.1. The predicted molar refractivity (Wildman–Crippen MR) is 86.5 cm³/mol. The summed E-state index contributed by atoms with van der Waals surface area (Å²) in [4.78, 5) is 20.7. The number of hydrogen-bond acceptors (Lipinski definition) is 4. The SMILES string of the molecule is CCN1CCN(c2nc3ccc(Cl)cc3cc2C=O)CC1. The van der Waals surface area contributed by atoms with Gasteiger partial charge in [0.2, 0.25) is 0 Å². The van der Waals surface area contributed by atoms with Crippen LogP contribution in [0.3, 0.4) is 0 Å². The number of anilines is 1. The van der Waals surface area contributed by atoms with Crippen LogP contribution < -0.4 is 4.90 Å². The first-order chi connectivity index (χ1) is 10.2. The number of piperazine rings is 1. The molecule has 110 valence electrons. The van der Waals surface area contributed by atoms with Crippen molar-refractivity contribution in [3.05, 3.63) is 34.9 Å². The molecule has 2 heterocycles. The standard InChI is InChI=1S/C16H18ClN3O/c1-2-19-5-7-20(8-6-19)16-13(11-21)9-12-10-14(17)3-4-15(12)18-16/h3-4,9-11H,2,5-8H2,1H3. The van der Waals surface area contributed by atoms with Crippen LogP contribution in [-0.4, -0.2) is 48.9 Å². The monoisotopic (exact) mass is 303 g/mol. The second kappa shape index (κ2) is 6.00. The molecule has 1 aromatic carbocycles. The molecule has 1 saturated heterocycles. The molecule has 2 aromatic rings. The van der Waals surface area contributed by atoms with Crippen molar-refractivity contribution in [3.8, 4) is 0 Å². The van der Waals surface area contributed by atoms with Gasteiger partial charge in [-0.3, -0.25) is 4.79 Å². The highest BCUT2D eigenvalue weighted by Gasteiger charge is 2.19. The summed E-state index contributed by atoms with van der Waals surface area (Å²) in [6.45, 7) is 7.06. The quantitative estimate of drug-likeness (QED) is 0.817. The van der Waals surface area contributed by atoms with Gasteiger partial charge in [-0.1, -0.05) is 18.5 Å². The predicted octanol–water partition coefficient (Wildman–Crippen LogP) is 2.84. The summed E-state index contributed by atoms with van der Waals surface area (Å²) >= 11 is 6.00. The average molecular weight is 304 g/mol. The number of carbonyl (C=O) groups is 1. The third-order valence-corrected chi connectivity index (χ3v) is 4.27. The third-order valence-electron chi connectivity index (χ3n) is 4.03. The minimum Gasteiger partial charge on any atom is -0.353 e. The number of pyridine rings is 1. The normalized spacial score (nSPS) is 16.4. The van der Waals surface area contributed by atoms with Crippen LogP contribution >= 0.6 is 11.6 Å². The zero-order chi connectivity index (χ0) is 14.8. The van der Waals surface area contributed by atoms with Crippen LogP contribution in [0.2, 0.25) is 5.02 Å². The maximum atomic E-state index is 11.4. The van der Waals surface area contributed by atoms with Crippen molar-refractivity contribution >= 4 is 34.6 Å². The number of carbonyl (C=O) groups excluding carboxylic acids is 1. The van der Waals surface area contributed by atoms with Crippen molar-refractivity contribution in [2.24, 2.45) is 0 Å². The summed E-state index contributed by atoms with van der Waals surface area (Å²) in [7, 11) is 0. The van der Waals surface area contributed by atoms with E-state index >= 15 is 0 Å². The number of hydrogen-bond donors (Lipinski definition) is 0. The van der Waals surface area contributed by atoms with Gasteiger partial charge in [0.25, 0.3) is 0 Å². The van der Waals surface area contributed by atoms with Crippen molar-refractivity contribution < 1.29 is 4.79 Å². The Balaban J connectivity index is 1.97. The van der Waals surface area contributed by atoms with Crippen molar-refractivity contribution in [3.63, 3.8) is 0 Å². The molecule has 0 atom stereocenters. The minimum atomic E-state index is 0.634. The Bertz CT molecular complexity index is 666. The first kappa shape index (κ1) is 14.3. The summed E-state index contributed by atoms with van der Waals surface area (Å²) in [5.74, 6) is 0.788. The number of rotatable bonds is 3. The smallest absolute Gasteiger partial charge is 0.153 e. The van der Waals surface area contributed by atoms with Crippen LogP contribution in [0.4, 0.5) is 5.82 Å². The summed E-state index contributed by atoms with van der Waals surface area (Å²) in [6.07, 6.45) is 0.884. The van der Waals surface area contributed by atoms with E-state index in [2.05, 4.69) is 21.7 Å². The van der Waals surface area contributed by atoms with E-state index in [0.29, 0.717) is 10.6 Å². The molecule has 0 spiro atoms. The van der Waals surface area contributed by atoms with Crippen molar-refractivity contribution in [1.82, 2.24) is 9.88 Å². The van der Waals surface area contributed by atoms with Gasteiger partial charge in [0, 0.05) is 36.6 Å². The van der Waals surface area contributed by atoms with E-state index in [1.807, 2.05) is 24.3 Å². The van der Waals surface area contributed by atoms with E-state index in [1.54, 1.807) is 0 Å². The fourth-order valence-electron chi connectivity index (χ4n) is 2.77. The van der Waals surface area contributed by atoms with E-state index in [4.69, 9.17) is 11.6 Å². The number of aldehydes is 1. The Morgan fingerprint density at radius 3 is 2.67 bits per heavy atom. The van der Waals surface area contributed by atoms with Gasteiger partial charge in [-0.2, -0.15) is 0 Å². The van der Waals surface area contributed by atoms with Crippen molar-refractivity contribution in [1.29, 1.82) is 0 Å². The molecule has 0 radical (unpaired) electrons. The number of nitrogens with zero attached hydrogens (tertiary/aromatic N) is 3. The third kappa shape index (κ3) is 2.87. The Morgan fingerprint density at radius 1 is 1.24 bits per heavy atom. The Kier molecular flexibility index (Phi) is 4.08. The van der Waals surface area contributed by atoms with E-state index in [1.165, 1.54) is 0 Å². The van der Waals surface area contributed by atoms with Gasteiger partial charge < -0.3 is 9.80 Å². The first-order valence-corrected chi connectivity index (χ1v) is 7.62. The van der Waals surface area contributed by atoms with Gasteiger partial charge in [-0.25, -0.2) is 4.98 Å². The topological polar surface area (TPSA) is 36.4 Å². The van der Waals surface area contributed by atoms with Crippen LogP contribution in [0.5, 0.6) is 0 Å². The minimum absolute atomic E-state index is 0.634. The molecule has 0 unspecified atom stereocenters. The molecule has 0 amide bonds. The van der Waals surface area contributed by atoms with Crippen LogP contribution in [-0.2, 0) is 0 Å². The summed E-state index contributed by atoms with van der Waals surface area (Å²) in [5, 5.41) is 1.56. The van der Waals surface area contributed by atoms with Gasteiger partial charge >= 0.3 is 0 Å². The molecule has 1 aliphatic heterocycles. The lowest BCUT2D eigenvalue weighted by molar-refractivity contribution is 0.112. The molecule has 3 rings (SSSR count). The van der Waals surface area contributed by atoms with Crippen LogP contribution in [0, 0.1) is 0 Å². The lowest BCUT2D eigenvalue weighted by Gasteiger charge is -2.35. The van der Waals surface area contributed by atoms with Gasteiger partial charge in [0.15, 0.2) is 6.29 Å². The lowest BCUT2D eigenvalue weighted by atomic mass is 10.1. The molecule has 0 aliphatic carbocycles. The summed E-state index contributed by atoms with van der Waals surface area (Å²) in [6, 6.07) is 7.45. The molecule has 1 aromatic heterocycles. The number of aromatic nitrogens is 1. The maximum absolute atomic E-state index is 11.4. The zero-order valence-corrected chi connectivity index (χ0v) is 12.8. The molecule has 0 N–H and O–H groups in total. The second-order valence-corrected chi connectivity index (χ2v) is 5.71. The molecular weight excluding hydrogens is 286 g/mol. The van der Waals surface area contributed by atoms with Gasteiger partial charge in [-0.05, 0) is 30.8 Å². The highest BCUT2D eigenvalue weighted by atomic mass is 35.5. The Hall–Kier alpha value is -1.65. The van der Waals surface area contributed by atoms with Crippen molar-refractivity contribution in [2.45, 2.75) is 6.92 Å². The molecule has 0 saturated carbocycles. The van der Waals surface area contributed by atoms with Gasteiger partial charge in [-0.15, -0.1) is 0 Å². The van der Waals surface area contributed by atoms with E-state index in [9.17, 15) is 4.79 Å². The Labute approximate surface area is 129 Å². The lowest BCUT2D eigenvalue weighted by Crippen LogP contribution is -2.46. The van der Waals surface area contributed by atoms with Crippen LogP contribution in [0.15, 0.2) is 24.3 Å². The molecule has 21 heavy (non-hydrogen) atoms. The summed E-state index contributed by atoms with van der Waals surface area (Å²) < 4.78 is 0. The van der Waals surface area contributed by atoms with Gasteiger partial charge in [0.1, 0.15) is 5.82 Å². The van der Waals surface area contributed by atoms with Crippen LogP contribution in [0.25, 0.3) is 10.9 Å². The number of halogens is 1. The fourth-order valence-corrected chi connectivity index (χ4v) is 2.95. The molecule has 5 heteroatoms. The van der Waals surface area contributed by atoms with Crippen LogP contribution in [0.1, 0.15) is 17.3 Å². The maximum Gasteiger partial charge on any atom is 0.153 e. The number of likely N-dealkylation sites (N-methyl/N-ethyl adjacent to an activating group) is 1. The number of fused-ring (bicyclic) bond motifs is 1. The average Bonchev–Trinajstić information content (AvgIpc) is 2.53. The van der Waals surface area contributed by atoms with E-state index in [0.717, 1.165) is 55.7 Å². The summed E-state index contributed by atoms with van der Waals surface area (Å²) in [5.41, 5.74) is 1.51. The molecule has 4 nitrogen and oxygen atoms in total. The number of benzene rings is 1. The molecule has 1 aliphatic rings. The molecule has 0 bridgehead atoms. The van der Waals surface area contributed by atoms with Gasteiger partial charge in [0.05, 0.1) is 11.1 Å². The second-order valence-electron chi connectivity index (χ2n) is 5.28. The van der Waals surface area contributed by atoms with Crippen molar-refractivity contribution in [2.75, 3.05) is 37.6 Å². The molecular formula is C16H18ClN3O. The first-order valence-electron chi connectivity index (χ1n) is 7.24.